The molecule has 3 aliphatic heterocycles. The second-order valence-electron chi connectivity index (χ2n) is 13.5. The van der Waals surface area contributed by atoms with Gasteiger partial charge in [0.2, 0.25) is 0 Å². The summed E-state index contributed by atoms with van der Waals surface area (Å²) in [5.41, 5.74) is 4.74. The van der Waals surface area contributed by atoms with Crippen LogP contribution in [0.3, 0.4) is 0 Å². The van der Waals surface area contributed by atoms with Gasteiger partial charge in [0.1, 0.15) is 11.4 Å². The van der Waals surface area contributed by atoms with Crippen molar-refractivity contribution in [3.63, 3.8) is 0 Å². The van der Waals surface area contributed by atoms with Crippen molar-refractivity contribution < 1.29 is 23.9 Å². The van der Waals surface area contributed by atoms with Gasteiger partial charge in [-0.3, -0.25) is 19.1 Å². The molecule has 1 aliphatic carbocycles. The number of likely N-dealkylation sites (tertiary alicyclic amines) is 1. The Morgan fingerprint density at radius 3 is 2.46 bits per heavy atom. The first kappa shape index (κ1) is 28.8. The zero-order chi connectivity index (χ0) is 31.6. The molecule has 0 N–H and O–H groups in total. The van der Waals surface area contributed by atoms with E-state index in [-0.39, 0.29) is 23.6 Å². The topological polar surface area (TPSA) is 98.9 Å². The molecule has 1 spiro atoms. The fraction of sp³-hybridized carbons (Fsp3) is 0.444. The van der Waals surface area contributed by atoms with E-state index in [4.69, 9.17) is 9.47 Å². The van der Waals surface area contributed by atoms with Gasteiger partial charge in [0.05, 0.1) is 36.7 Å². The number of piperidine rings is 2. The molecule has 10 heteroatoms. The maximum absolute atomic E-state index is 14.1. The highest BCUT2D eigenvalue weighted by Crippen LogP contribution is 2.43. The molecular formula is C36H39N5O5. The number of ketones is 1. The monoisotopic (exact) mass is 621 g/mol. The molecule has 5 heterocycles. The van der Waals surface area contributed by atoms with Crippen molar-refractivity contribution in [2.24, 2.45) is 13.0 Å². The van der Waals surface area contributed by atoms with E-state index in [1.807, 2.05) is 42.4 Å². The summed E-state index contributed by atoms with van der Waals surface area (Å²) in [7, 11) is 3.32. The maximum atomic E-state index is 14.1. The number of hydrogen-bond acceptors (Lipinski definition) is 7. The van der Waals surface area contributed by atoms with Crippen LogP contribution in [0, 0.1) is 5.92 Å². The summed E-state index contributed by atoms with van der Waals surface area (Å²) in [6.07, 6.45) is 11.2. The summed E-state index contributed by atoms with van der Waals surface area (Å²) in [6, 6.07) is 12.5. The highest BCUT2D eigenvalue weighted by molar-refractivity contribution is 6.04. The third kappa shape index (κ3) is 5.04. The van der Waals surface area contributed by atoms with E-state index in [1.54, 1.807) is 10.9 Å². The van der Waals surface area contributed by atoms with E-state index < -0.39 is 5.60 Å². The summed E-state index contributed by atoms with van der Waals surface area (Å²) < 4.78 is 15.6. The largest absolute Gasteiger partial charge is 0.486 e. The van der Waals surface area contributed by atoms with Crippen molar-refractivity contribution in [3.8, 4) is 16.9 Å². The van der Waals surface area contributed by atoms with Gasteiger partial charge in [-0.1, -0.05) is 6.07 Å². The smallest absolute Gasteiger partial charge is 0.308 e. The lowest BCUT2D eigenvalue weighted by atomic mass is 9.82. The summed E-state index contributed by atoms with van der Waals surface area (Å²) in [6.45, 7) is 2.53. The van der Waals surface area contributed by atoms with E-state index in [0.717, 1.165) is 66.5 Å². The van der Waals surface area contributed by atoms with Gasteiger partial charge >= 0.3 is 5.97 Å². The third-order valence-electron chi connectivity index (χ3n) is 10.5. The molecule has 0 bridgehead atoms. The number of fused-ring (bicyclic) bond motifs is 2. The van der Waals surface area contributed by atoms with Crippen molar-refractivity contribution in [2.75, 3.05) is 38.2 Å². The normalized spacial score (nSPS) is 19.7. The lowest BCUT2D eigenvalue weighted by Crippen LogP contribution is -2.52. The number of rotatable bonds is 5. The van der Waals surface area contributed by atoms with Crippen molar-refractivity contribution in [3.05, 3.63) is 66.1 Å². The van der Waals surface area contributed by atoms with Crippen LogP contribution in [0.25, 0.3) is 22.0 Å². The zero-order valence-electron chi connectivity index (χ0n) is 26.4. The first-order chi connectivity index (χ1) is 22.3. The molecule has 3 fully saturated rings. The molecule has 2 saturated heterocycles. The highest BCUT2D eigenvalue weighted by Gasteiger charge is 2.44. The molecule has 4 aromatic rings. The van der Waals surface area contributed by atoms with Crippen molar-refractivity contribution in [2.45, 2.75) is 56.6 Å². The minimum atomic E-state index is -0.601. The molecular weight excluding hydrogens is 582 g/mol. The first-order valence-corrected chi connectivity index (χ1v) is 16.4. The predicted octanol–water partition coefficient (Wildman–Crippen LogP) is 5.41. The number of amides is 1. The Hall–Kier alpha value is -4.60. The standard InChI is InChI=1S/C36H39N5O5/c1-38-22-26(21-37-38)24-3-6-33-29(17-24)32(42)20-36(46-33)10-15-40(16-11-36)34(43)25-18-30(39-12-7-23(8-13-39)35(44)45-2)28-9-14-41(27-4-5-27)31(28)19-25/h3,6,9,14,17-19,21-23,27H,4-5,7-8,10-13,15-16,20H2,1-2H3. The molecule has 4 aliphatic rings. The Morgan fingerprint density at radius 1 is 0.978 bits per heavy atom. The first-order valence-electron chi connectivity index (χ1n) is 16.4. The van der Waals surface area contributed by atoms with Crippen LogP contribution in [0.5, 0.6) is 5.75 Å². The van der Waals surface area contributed by atoms with Crippen molar-refractivity contribution in [1.82, 2.24) is 19.2 Å². The third-order valence-corrected chi connectivity index (χ3v) is 10.5. The molecule has 0 radical (unpaired) electrons. The summed E-state index contributed by atoms with van der Waals surface area (Å²) in [5.74, 6) is 0.490. The minimum Gasteiger partial charge on any atom is -0.486 e. The fourth-order valence-electron chi connectivity index (χ4n) is 7.64. The number of benzene rings is 2. The lowest BCUT2D eigenvalue weighted by molar-refractivity contribution is -0.146. The number of methoxy groups -OCH3 is 1. The Labute approximate surface area is 267 Å². The van der Waals surface area contributed by atoms with Gasteiger partial charge in [-0.05, 0) is 61.6 Å². The van der Waals surface area contributed by atoms with E-state index in [0.29, 0.717) is 55.3 Å². The number of Topliss-reactive ketones (excluding diaryl/α,β-unsaturated/α-hetero) is 1. The molecule has 2 aromatic carbocycles. The SMILES string of the molecule is COC(=O)C1CCN(c2cc(C(=O)N3CCC4(CC3)CC(=O)c3cc(-c5cnn(C)c5)ccc3O4)cc3c2ccn3C2CC2)CC1. The number of aryl methyl sites for hydroxylation is 1. The van der Waals surface area contributed by atoms with E-state index in [1.165, 1.54) is 7.11 Å². The van der Waals surface area contributed by atoms with Gasteiger partial charge in [0, 0.05) is 86.7 Å². The molecule has 1 saturated carbocycles. The number of ether oxygens (including phenoxy) is 2. The van der Waals surface area contributed by atoms with E-state index in [9.17, 15) is 14.4 Å². The Bertz CT molecular complexity index is 1850. The van der Waals surface area contributed by atoms with Crippen LogP contribution in [-0.4, -0.2) is 75.8 Å². The molecule has 2 aromatic heterocycles. The summed E-state index contributed by atoms with van der Waals surface area (Å²) in [4.78, 5) is 43.9. The van der Waals surface area contributed by atoms with Gasteiger partial charge in [-0.2, -0.15) is 5.10 Å². The second-order valence-corrected chi connectivity index (χ2v) is 13.5. The van der Waals surface area contributed by atoms with Crippen molar-refractivity contribution in [1.29, 1.82) is 0 Å². The highest BCUT2D eigenvalue weighted by atomic mass is 16.5. The molecule has 1 amide bonds. The molecule has 8 rings (SSSR count). The zero-order valence-corrected chi connectivity index (χ0v) is 26.4. The summed E-state index contributed by atoms with van der Waals surface area (Å²) in [5, 5.41) is 5.40. The summed E-state index contributed by atoms with van der Waals surface area (Å²) >= 11 is 0. The number of anilines is 1. The van der Waals surface area contributed by atoms with Gasteiger partial charge in [0.25, 0.3) is 5.91 Å². The average Bonchev–Trinajstić information content (AvgIpc) is 3.68. The average molecular weight is 622 g/mol. The van der Waals surface area contributed by atoms with Gasteiger partial charge in [-0.15, -0.1) is 0 Å². The number of carbonyl (C=O) groups excluding carboxylic acids is 3. The van der Waals surface area contributed by atoms with Crippen LogP contribution in [0.4, 0.5) is 5.69 Å². The molecule has 0 unspecified atom stereocenters. The van der Waals surface area contributed by atoms with Gasteiger partial charge in [-0.25, -0.2) is 0 Å². The van der Waals surface area contributed by atoms with E-state index >= 15 is 0 Å². The minimum absolute atomic E-state index is 0.00893. The van der Waals surface area contributed by atoms with Crippen molar-refractivity contribution >= 4 is 34.3 Å². The van der Waals surface area contributed by atoms with Crippen LogP contribution < -0.4 is 9.64 Å². The maximum Gasteiger partial charge on any atom is 0.308 e. The second kappa shape index (κ2) is 11.0. The van der Waals surface area contributed by atoms with Crippen LogP contribution in [0.2, 0.25) is 0 Å². The van der Waals surface area contributed by atoms with Crippen LogP contribution in [0.1, 0.15) is 71.7 Å². The molecule has 238 valence electrons. The Kier molecular flexibility index (Phi) is 6.92. The Balaban J connectivity index is 1.01. The number of carbonyl (C=O) groups is 3. The number of aromatic nitrogens is 3. The van der Waals surface area contributed by atoms with Gasteiger partial charge in [0.15, 0.2) is 5.78 Å². The van der Waals surface area contributed by atoms with Gasteiger partial charge < -0.3 is 23.8 Å². The number of nitrogens with zero attached hydrogens (tertiary/aromatic N) is 5. The molecule has 0 atom stereocenters. The lowest BCUT2D eigenvalue weighted by Gasteiger charge is -2.44. The Morgan fingerprint density at radius 2 is 1.76 bits per heavy atom. The molecule has 46 heavy (non-hydrogen) atoms. The number of esters is 1. The number of hydrogen-bond donors (Lipinski definition) is 0. The predicted molar refractivity (Wildman–Crippen MR) is 173 cm³/mol. The van der Waals surface area contributed by atoms with Crippen LogP contribution in [-0.2, 0) is 16.6 Å². The van der Waals surface area contributed by atoms with E-state index in [2.05, 4.69) is 32.9 Å². The van der Waals surface area contributed by atoms with Crippen LogP contribution >= 0.6 is 0 Å². The van der Waals surface area contributed by atoms with Crippen LogP contribution in [0.15, 0.2) is 55.0 Å². The molecule has 10 nitrogen and oxygen atoms in total. The quantitative estimate of drug-likeness (QED) is 0.275. The fourth-order valence-corrected chi connectivity index (χ4v) is 7.64.